The molecule has 0 aliphatic carbocycles. The molecular formula is C28H37N5O5. The lowest BCUT2D eigenvalue weighted by atomic mass is 10.0. The van der Waals surface area contributed by atoms with Crippen LogP contribution in [0.2, 0.25) is 0 Å². The number of hydrazine groups is 1. The fraction of sp³-hybridized carbons (Fsp3) is 0.464. The molecule has 10 heteroatoms. The minimum atomic E-state index is -0.602. The second-order valence-corrected chi connectivity index (χ2v) is 9.61. The van der Waals surface area contributed by atoms with Crippen molar-refractivity contribution in [2.45, 2.75) is 44.9 Å². The molecule has 0 aromatic heterocycles. The summed E-state index contributed by atoms with van der Waals surface area (Å²) in [6.45, 7) is 3.09. The van der Waals surface area contributed by atoms with Crippen LogP contribution in [0.1, 0.15) is 30.9 Å². The van der Waals surface area contributed by atoms with E-state index in [1.165, 1.54) is 0 Å². The van der Waals surface area contributed by atoms with E-state index in [1.807, 2.05) is 55.5 Å². The minimum Gasteiger partial charge on any atom is -0.493 e. The number of amides is 4. The van der Waals surface area contributed by atoms with Gasteiger partial charge in [-0.3, -0.25) is 9.59 Å². The zero-order chi connectivity index (χ0) is 27.2. The molecule has 1 N–H and O–H groups in total. The molecular weight excluding hydrogens is 486 g/mol. The van der Waals surface area contributed by atoms with Gasteiger partial charge in [0.25, 0.3) is 0 Å². The fourth-order valence-corrected chi connectivity index (χ4v) is 5.21. The van der Waals surface area contributed by atoms with Gasteiger partial charge in [-0.25, -0.2) is 14.8 Å². The van der Waals surface area contributed by atoms with Crippen molar-refractivity contribution >= 4 is 17.8 Å². The predicted octanol–water partition coefficient (Wildman–Crippen LogP) is 2.48. The molecule has 2 aromatic carbocycles. The maximum atomic E-state index is 13.6. The van der Waals surface area contributed by atoms with Gasteiger partial charge in [-0.15, -0.1) is 0 Å². The number of nitrogens with one attached hydrogen (secondary N) is 1. The summed E-state index contributed by atoms with van der Waals surface area (Å²) in [6, 6.07) is 14.5. The SMILES string of the molecule is CCC[C@H]1C(=O)N(CCc2ccc(OC)c(OC)c2)C[C@H]2N1C(=O)CN(C)N2C(=O)NCc1ccccc1. The van der Waals surface area contributed by atoms with Crippen LogP contribution in [0, 0.1) is 0 Å². The quantitative estimate of drug-likeness (QED) is 0.543. The Labute approximate surface area is 224 Å². The highest BCUT2D eigenvalue weighted by molar-refractivity contribution is 5.91. The summed E-state index contributed by atoms with van der Waals surface area (Å²) in [5, 5.41) is 6.21. The second kappa shape index (κ2) is 12.2. The average molecular weight is 524 g/mol. The first kappa shape index (κ1) is 27.3. The minimum absolute atomic E-state index is 0.0361. The molecule has 2 heterocycles. The topological polar surface area (TPSA) is 94.7 Å². The number of likely N-dealkylation sites (N-methyl/N-ethyl adjacent to an activating group) is 1. The Morgan fingerprint density at radius 2 is 1.76 bits per heavy atom. The molecule has 10 nitrogen and oxygen atoms in total. The molecule has 38 heavy (non-hydrogen) atoms. The van der Waals surface area contributed by atoms with E-state index in [0.717, 1.165) is 17.5 Å². The number of methoxy groups -OCH3 is 2. The van der Waals surface area contributed by atoms with Crippen LogP contribution < -0.4 is 14.8 Å². The molecule has 4 amide bonds. The van der Waals surface area contributed by atoms with Gasteiger partial charge >= 0.3 is 6.03 Å². The van der Waals surface area contributed by atoms with E-state index in [0.29, 0.717) is 37.4 Å². The lowest BCUT2D eigenvalue weighted by Gasteiger charge is -2.54. The smallest absolute Gasteiger partial charge is 0.334 e. The van der Waals surface area contributed by atoms with Crippen molar-refractivity contribution in [3.63, 3.8) is 0 Å². The van der Waals surface area contributed by atoms with Gasteiger partial charge in [0.15, 0.2) is 11.5 Å². The molecule has 0 bridgehead atoms. The molecule has 204 valence electrons. The third-order valence-electron chi connectivity index (χ3n) is 7.11. The van der Waals surface area contributed by atoms with Crippen LogP contribution >= 0.6 is 0 Å². The Kier molecular flexibility index (Phi) is 8.73. The molecule has 2 atom stereocenters. The first-order valence-corrected chi connectivity index (χ1v) is 13.0. The highest BCUT2D eigenvalue weighted by atomic mass is 16.5. The maximum absolute atomic E-state index is 13.6. The van der Waals surface area contributed by atoms with Gasteiger partial charge < -0.3 is 24.6 Å². The number of hydrogen-bond donors (Lipinski definition) is 1. The Hall–Kier alpha value is -3.79. The first-order chi connectivity index (χ1) is 18.4. The van der Waals surface area contributed by atoms with Gasteiger partial charge in [-0.05, 0) is 36.1 Å². The van der Waals surface area contributed by atoms with E-state index < -0.39 is 12.2 Å². The van der Waals surface area contributed by atoms with E-state index in [-0.39, 0.29) is 30.9 Å². The zero-order valence-electron chi connectivity index (χ0n) is 22.6. The summed E-state index contributed by atoms with van der Waals surface area (Å²) in [5.41, 5.74) is 1.98. The van der Waals surface area contributed by atoms with Crippen LogP contribution in [0.5, 0.6) is 11.5 Å². The number of fused-ring (bicyclic) bond motifs is 1. The summed E-state index contributed by atoms with van der Waals surface area (Å²) in [6.07, 6.45) is 1.29. The molecule has 4 rings (SSSR count). The number of nitrogens with zero attached hydrogens (tertiary/aromatic N) is 4. The number of ether oxygens (including phenoxy) is 2. The Bertz CT molecular complexity index is 1140. The second-order valence-electron chi connectivity index (χ2n) is 9.61. The molecule has 2 aromatic rings. The molecule has 0 radical (unpaired) electrons. The van der Waals surface area contributed by atoms with E-state index >= 15 is 0 Å². The van der Waals surface area contributed by atoms with E-state index in [4.69, 9.17) is 9.47 Å². The van der Waals surface area contributed by atoms with Crippen LogP contribution in [-0.2, 0) is 22.6 Å². The summed E-state index contributed by atoms with van der Waals surface area (Å²) in [4.78, 5) is 43.6. The summed E-state index contributed by atoms with van der Waals surface area (Å²) in [7, 11) is 4.91. The Balaban J connectivity index is 1.54. The molecule has 0 saturated carbocycles. The molecule has 2 aliphatic rings. The zero-order valence-corrected chi connectivity index (χ0v) is 22.6. The number of carbonyl (C=O) groups is 3. The largest absolute Gasteiger partial charge is 0.493 e. The standard InChI is InChI=1S/C28H37N5O5/c1-5-9-22-27(35)31(15-14-20-12-13-23(37-3)24(16-20)38-4)18-25-32(22)26(34)19-30(2)33(25)28(36)29-17-21-10-7-6-8-11-21/h6-8,10-13,16,22,25H,5,9,14-15,17-19H2,1-4H3,(H,29,36)/t22-,25-/m0/s1. The van der Waals surface area contributed by atoms with Crippen molar-refractivity contribution in [3.8, 4) is 11.5 Å². The monoisotopic (exact) mass is 523 g/mol. The summed E-state index contributed by atoms with van der Waals surface area (Å²) >= 11 is 0. The third kappa shape index (κ3) is 5.70. The summed E-state index contributed by atoms with van der Waals surface area (Å²) < 4.78 is 10.8. The molecule has 0 unspecified atom stereocenters. The van der Waals surface area contributed by atoms with Gasteiger partial charge in [-0.1, -0.05) is 49.7 Å². The fourth-order valence-electron chi connectivity index (χ4n) is 5.21. The number of rotatable bonds is 9. The van der Waals surface area contributed by atoms with Crippen LogP contribution in [0.15, 0.2) is 48.5 Å². The van der Waals surface area contributed by atoms with Crippen LogP contribution in [0.25, 0.3) is 0 Å². The van der Waals surface area contributed by atoms with Crippen molar-refractivity contribution in [2.75, 3.05) is 40.9 Å². The Morgan fingerprint density at radius 3 is 2.45 bits per heavy atom. The normalized spacial score (nSPS) is 19.8. The Morgan fingerprint density at radius 1 is 1.03 bits per heavy atom. The number of carbonyl (C=O) groups excluding carboxylic acids is 3. The van der Waals surface area contributed by atoms with Gasteiger partial charge in [0.2, 0.25) is 11.8 Å². The van der Waals surface area contributed by atoms with Crippen LogP contribution in [0.3, 0.4) is 0 Å². The van der Waals surface area contributed by atoms with Crippen molar-refractivity contribution in [2.24, 2.45) is 0 Å². The van der Waals surface area contributed by atoms with Crippen LogP contribution in [-0.4, -0.2) is 90.8 Å². The van der Waals surface area contributed by atoms with E-state index in [1.54, 1.807) is 41.1 Å². The highest BCUT2D eigenvalue weighted by Crippen LogP contribution is 2.30. The number of piperazine rings is 1. The molecule has 0 spiro atoms. The van der Waals surface area contributed by atoms with Gasteiger partial charge in [-0.2, -0.15) is 0 Å². The molecule has 2 saturated heterocycles. The van der Waals surface area contributed by atoms with Crippen molar-refractivity contribution in [3.05, 3.63) is 59.7 Å². The maximum Gasteiger partial charge on any atom is 0.334 e. The van der Waals surface area contributed by atoms with E-state index in [9.17, 15) is 14.4 Å². The lowest BCUT2D eigenvalue weighted by Crippen LogP contribution is -2.76. The van der Waals surface area contributed by atoms with Crippen molar-refractivity contribution < 1.29 is 23.9 Å². The van der Waals surface area contributed by atoms with Crippen molar-refractivity contribution in [1.29, 1.82) is 0 Å². The van der Waals surface area contributed by atoms with Gasteiger partial charge in [0.1, 0.15) is 12.2 Å². The number of hydrogen-bond acceptors (Lipinski definition) is 6. The highest BCUT2D eigenvalue weighted by Gasteiger charge is 2.50. The van der Waals surface area contributed by atoms with E-state index in [2.05, 4.69) is 5.32 Å². The van der Waals surface area contributed by atoms with Gasteiger partial charge in [0.05, 0.1) is 27.3 Å². The molecule has 2 aliphatic heterocycles. The van der Waals surface area contributed by atoms with Crippen LogP contribution in [0.4, 0.5) is 4.79 Å². The third-order valence-corrected chi connectivity index (χ3v) is 7.11. The van der Waals surface area contributed by atoms with Gasteiger partial charge in [0, 0.05) is 20.1 Å². The summed E-state index contributed by atoms with van der Waals surface area (Å²) in [5.74, 6) is 1.05. The predicted molar refractivity (Wildman–Crippen MR) is 142 cm³/mol. The first-order valence-electron chi connectivity index (χ1n) is 13.0. The average Bonchev–Trinajstić information content (AvgIpc) is 2.92. The molecule has 2 fully saturated rings. The van der Waals surface area contributed by atoms with Crippen molar-refractivity contribution in [1.82, 2.24) is 25.1 Å². The number of benzene rings is 2. The lowest BCUT2D eigenvalue weighted by molar-refractivity contribution is -0.187. The number of urea groups is 1.